The van der Waals surface area contributed by atoms with E-state index in [-0.39, 0.29) is 18.0 Å². The van der Waals surface area contributed by atoms with Gasteiger partial charge in [-0.1, -0.05) is 140 Å². The van der Waals surface area contributed by atoms with Crippen LogP contribution in [0.15, 0.2) is 48.6 Å². The van der Waals surface area contributed by atoms with Crippen LogP contribution in [0.1, 0.15) is 195 Å². The Morgan fingerprint density at radius 3 is 1.05 bits per heavy atom. The first-order chi connectivity index (χ1) is 21.1. The van der Waals surface area contributed by atoms with Crippen LogP contribution in [0.3, 0.4) is 0 Å². The Morgan fingerprint density at radius 2 is 0.698 bits per heavy atom. The molecule has 1 aliphatic rings. The number of allylic oxidation sites excluding steroid dienone is 8. The molecule has 0 amide bonds. The molecule has 250 valence electrons. The van der Waals surface area contributed by atoms with Crippen molar-refractivity contribution in [2.45, 2.75) is 213 Å². The summed E-state index contributed by atoms with van der Waals surface area (Å²) in [5, 5.41) is 0. The highest BCUT2D eigenvalue weighted by atomic mass is 16.8. The van der Waals surface area contributed by atoms with Gasteiger partial charge in [0.25, 0.3) is 0 Å². The largest absolute Gasteiger partial charge is 0.344 e. The predicted octanol–water partition coefficient (Wildman–Crippen LogP) is 13.9. The molecule has 1 heterocycles. The molecule has 0 aromatic carbocycles. The first-order valence-electron chi connectivity index (χ1n) is 19.1. The lowest BCUT2D eigenvalue weighted by atomic mass is 9.98. The zero-order valence-electron chi connectivity index (χ0n) is 29.5. The summed E-state index contributed by atoms with van der Waals surface area (Å²) in [4.78, 5) is 0. The second-order valence-corrected chi connectivity index (χ2v) is 13.2. The standard InChI is InChI=1S/C41H74O2/c1-5-7-9-11-13-15-17-19-21-23-25-27-29-31-33-35-37-41(42-39(3)40(4)43-41)38-36-34-32-30-28-26-24-22-20-18-16-14-12-10-8-6-2/h13-16,19-22,39-40H,5-12,17-18,23-38H2,1-4H3/b15-13-,16-14-,21-19-,22-20-. The van der Waals surface area contributed by atoms with Gasteiger partial charge >= 0.3 is 0 Å². The van der Waals surface area contributed by atoms with E-state index in [9.17, 15) is 0 Å². The SMILES string of the molecule is CCCCC/C=C\C/C=C\CCCCCCCCC1(CCCCCCCC/C=C\C/C=C\CCCCC)OC(C)C(C)O1. The summed E-state index contributed by atoms with van der Waals surface area (Å²) in [6.45, 7) is 8.90. The normalized spacial score (nSPS) is 18.9. The lowest BCUT2D eigenvalue weighted by Crippen LogP contribution is -2.31. The van der Waals surface area contributed by atoms with Crippen molar-refractivity contribution in [1.29, 1.82) is 0 Å². The average Bonchev–Trinajstić information content (AvgIpc) is 3.29. The molecule has 0 saturated carbocycles. The molecule has 0 N–H and O–H groups in total. The minimum atomic E-state index is -0.316. The van der Waals surface area contributed by atoms with Crippen LogP contribution in [0.4, 0.5) is 0 Å². The van der Waals surface area contributed by atoms with Gasteiger partial charge in [0.05, 0.1) is 12.2 Å². The minimum absolute atomic E-state index is 0.217. The Labute approximate surface area is 270 Å². The van der Waals surface area contributed by atoms with E-state index in [1.54, 1.807) is 0 Å². The fourth-order valence-corrected chi connectivity index (χ4v) is 6.02. The maximum absolute atomic E-state index is 6.46. The van der Waals surface area contributed by atoms with E-state index in [1.807, 2.05) is 0 Å². The molecule has 0 spiro atoms. The van der Waals surface area contributed by atoms with E-state index in [0.717, 1.165) is 25.7 Å². The molecule has 0 aliphatic carbocycles. The molecular weight excluding hydrogens is 524 g/mol. The fraction of sp³-hybridized carbons (Fsp3) is 0.805. The lowest BCUT2D eigenvalue weighted by Gasteiger charge is -2.28. The van der Waals surface area contributed by atoms with Gasteiger partial charge in [0.2, 0.25) is 0 Å². The number of hydrogen-bond donors (Lipinski definition) is 0. The highest BCUT2D eigenvalue weighted by Gasteiger charge is 2.42. The van der Waals surface area contributed by atoms with Crippen molar-refractivity contribution in [1.82, 2.24) is 0 Å². The third-order valence-corrected chi connectivity index (χ3v) is 8.98. The van der Waals surface area contributed by atoms with E-state index in [0.29, 0.717) is 0 Å². The Hall–Kier alpha value is -1.12. The third kappa shape index (κ3) is 23.9. The highest BCUT2D eigenvalue weighted by Crippen LogP contribution is 2.37. The Morgan fingerprint density at radius 1 is 0.395 bits per heavy atom. The third-order valence-electron chi connectivity index (χ3n) is 8.98. The molecule has 0 aromatic heterocycles. The molecule has 43 heavy (non-hydrogen) atoms. The smallest absolute Gasteiger partial charge is 0.169 e. The van der Waals surface area contributed by atoms with Gasteiger partial charge in [-0.25, -0.2) is 0 Å². The van der Waals surface area contributed by atoms with Gasteiger partial charge in [-0.15, -0.1) is 0 Å². The Balaban J connectivity index is 2.05. The number of hydrogen-bond acceptors (Lipinski definition) is 2. The first kappa shape index (κ1) is 39.9. The average molecular weight is 599 g/mol. The zero-order valence-corrected chi connectivity index (χ0v) is 29.5. The summed E-state index contributed by atoms with van der Waals surface area (Å²) >= 11 is 0. The van der Waals surface area contributed by atoms with Crippen molar-refractivity contribution in [2.24, 2.45) is 0 Å². The highest BCUT2D eigenvalue weighted by molar-refractivity contribution is 4.93. The number of rotatable bonds is 30. The first-order valence-corrected chi connectivity index (χ1v) is 19.1. The van der Waals surface area contributed by atoms with Crippen LogP contribution in [0.2, 0.25) is 0 Å². The van der Waals surface area contributed by atoms with E-state index in [2.05, 4.69) is 76.3 Å². The summed E-state index contributed by atoms with van der Waals surface area (Å²) < 4.78 is 12.9. The van der Waals surface area contributed by atoms with Crippen molar-refractivity contribution in [3.63, 3.8) is 0 Å². The van der Waals surface area contributed by atoms with Gasteiger partial charge < -0.3 is 9.47 Å². The van der Waals surface area contributed by atoms with Crippen molar-refractivity contribution in [3.05, 3.63) is 48.6 Å². The predicted molar refractivity (Wildman–Crippen MR) is 192 cm³/mol. The molecule has 1 fully saturated rings. The molecule has 2 nitrogen and oxygen atoms in total. The quantitative estimate of drug-likeness (QED) is 0.0605. The van der Waals surface area contributed by atoms with Crippen LogP contribution in [-0.4, -0.2) is 18.0 Å². The summed E-state index contributed by atoms with van der Waals surface area (Å²) in [5.74, 6) is -0.316. The van der Waals surface area contributed by atoms with Gasteiger partial charge in [0.15, 0.2) is 5.79 Å². The monoisotopic (exact) mass is 599 g/mol. The molecule has 0 radical (unpaired) electrons. The second kappa shape index (κ2) is 29.6. The van der Waals surface area contributed by atoms with Crippen molar-refractivity contribution in [3.8, 4) is 0 Å². The topological polar surface area (TPSA) is 18.5 Å². The van der Waals surface area contributed by atoms with Crippen LogP contribution in [0.25, 0.3) is 0 Å². The minimum Gasteiger partial charge on any atom is -0.344 e. The van der Waals surface area contributed by atoms with Crippen molar-refractivity contribution in [2.75, 3.05) is 0 Å². The molecule has 0 aromatic rings. The molecule has 0 bridgehead atoms. The van der Waals surface area contributed by atoms with E-state index >= 15 is 0 Å². The van der Waals surface area contributed by atoms with Crippen LogP contribution in [0.5, 0.6) is 0 Å². The molecule has 2 heteroatoms. The summed E-state index contributed by atoms with van der Waals surface area (Å²) in [6, 6.07) is 0. The van der Waals surface area contributed by atoms with Crippen molar-refractivity contribution >= 4 is 0 Å². The lowest BCUT2D eigenvalue weighted by molar-refractivity contribution is -0.184. The molecule has 2 atom stereocenters. The van der Waals surface area contributed by atoms with Gasteiger partial charge in [0, 0.05) is 12.8 Å². The maximum Gasteiger partial charge on any atom is 0.169 e. The maximum atomic E-state index is 6.46. The number of ether oxygens (including phenoxy) is 2. The van der Waals surface area contributed by atoms with Gasteiger partial charge in [-0.05, 0) is 90.9 Å². The van der Waals surface area contributed by atoms with Crippen molar-refractivity contribution < 1.29 is 9.47 Å². The van der Waals surface area contributed by atoms with E-state index in [1.165, 1.54) is 141 Å². The molecule has 1 saturated heterocycles. The number of unbranched alkanes of at least 4 members (excludes halogenated alkanes) is 18. The summed E-state index contributed by atoms with van der Waals surface area (Å²) in [6.07, 6.45) is 52.4. The van der Waals surface area contributed by atoms with Crippen LogP contribution in [-0.2, 0) is 9.47 Å². The zero-order chi connectivity index (χ0) is 31.1. The van der Waals surface area contributed by atoms with Crippen LogP contribution < -0.4 is 0 Å². The molecule has 1 rings (SSSR count). The summed E-state index contributed by atoms with van der Waals surface area (Å²) in [5.41, 5.74) is 0. The van der Waals surface area contributed by atoms with E-state index in [4.69, 9.17) is 9.47 Å². The summed E-state index contributed by atoms with van der Waals surface area (Å²) in [7, 11) is 0. The van der Waals surface area contributed by atoms with E-state index < -0.39 is 0 Å². The molecule has 2 unspecified atom stereocenters. The second-order valence-electron chi connectivity index (χ2n) is 13.2. The Bertz CT molecular complexity index is 642. The van der Waals surface area contributed by atoms with Crippen LogP contribution >= 0.6 is 0 Å². The fourth-order valence-electron chi connectivity index (χ4n) is 6.02. The van der Waals surface area contributed by atoms with Gasteiger partial charge in [0.1, 0.15) is 0 Å². The molecule has 1 aliphatic heterocycles. The Kier molecular flexibility index (Phi) is 27.5. The van der Waals surface area contributed by atoms with Gasteiger partial charge in [-0.2, -0.15) is 0 Å². The van der Waals surface area contributed by atoms with Crippen LogP contribution in [0, 0.1) is 0 Å². The van der Waals surface area contributed by atoms with Gasteiger partial charge in [-0.3, -0.25) is 0 Å². The molecular formula is C41H74O2.